The molecule has 0 spiro atoms. The summed E-state index contributed by atoms with van der Waals surface area (Å²) < 4.78 is 25.3. The fourth-order valence-corrected chi connectivity index (χ4v) is 2.95. The summed E-state index contributed by atoms with van der Waals surface area (Å²) in [6.07, 6.45) is 3.27. The number of nitrogens with one attached hydrogen (secondary N) is 1. The summed E-state index contributed by atoms with van der Waals surface area (Å²) >= 11 is 0. The molecule has 0 saturated heterocycles. The topological polar surface area (TPSA) is 66.4 Å². The quantitative estimate of drug-likeness (QED) is 0.685. The van der Waals surface area contributed by atoms with E-state index in [-0.39, 0.29) is 5.75 Å². The minimum Gasteiger partial charge on any atom is -0.393 e. The largest absolute Gasteiger partial charge is 0.393 e. The number of hydrogen-bond donors (Lipinski definition) is 2. The number of rotatable bonds is 6. The van der Waals surface area contributed by atoms with E-state index in [9.17, 15) is 8.42 Å². The van der Waals surface area contributed by atoms with Gasteiger partial charge in [-0.2, -0.15) is 0 Å². The summed E-state index contributed by atoms with van der Waals surface area (Å²) in [5.74, 6) is 0.617. The van der Waals surface area contributed by atoms with E-state index >= 15 is 0 Å². The van der Waals surface area contributed by atoms with E-state index in [1.807, 2.05) is 0 Å². The van der Waals surface area contributed by atoms with E-state index in [0.29, 0.717) is 18.9 Å². The van der Waals surface area contributed by atoms with Crippen molar-refractivity contribution in [2.24, 2.45) is 5.92 Å². The molecule has 1 saturated carbocycles. The highest BCUT2D eigenvalue weighted by molar-refractivity contribution is 7.89. The molecular formula is C9H19NO3S. The van der Waals surface area contributed by atoms with Crippen LogP contribution in [0, 0.1) is 5.92 Å². The Labute approximate surface area is 85.8 Å². The first kappa shape index (κ1) is 11.9. The third kappa shape index (κ3) is 4.39. The second-order valence-electron chi connectivity index (χ2n) is 4.11. The molecule has 1 aliphatic rings. The molecule has 0 radical (unpaired) electrons. The van der Waals surface area contributed by atoms with E-state index in [1.54, 1.807) is 6.92 Å². The fourth-order valence-electron chi connectivity index (χ4n) is 1.45. The predicted octanol–water partition coefficient (Wildman–Crippen LogP) is 0.477. The van der Waals surface area contributed by atoms with Gasteiger partial charge in [0, 0.05) is 6.54 Å². The fraction of sp³-hybridized carbons (Fsp3) is 1.00. The molecule has 0 aromatic rings. The van der Waals surface area contributed by atoms with Gasteiger partial charge in [0.05, 0.1) is 11.9 Å². The molecule has 0 bridgehead atoms. The minimum absolute atomic E-state index is 0.257. The van der Waals surface area contributed by atoms with Crippen LogP contribution < -0.4 is 4.72 Å². The molecule has 0 heterocycles. The van der Waals surface area contributed by atoms with Crippen LogP contribution in [0.25, 0.3) is 0 Å². The normalized spacial score (nSPS) is 20.4. The molecule has 0 amide bonds. The lowest BCUT2D eigenvalue weighted by molar-refractivity contribution is 0.186. The van der Waals surface area contributed by atoms with Crippen LogP contribution in [-0.4, -0.2) is 31.9 Å². The second kappa shape index (κ2) is 5.09. The summed E-state index contributed by atoms with van der Waals surface area (Å²) in [5, 5.41) is 8.95. The third-order valence-electron chi connectivity index (χ3n) is 2.56. The van der Waals surface area contributed by atoms with E-state index < -0.39 is 16.1 Å². The van der Waals surface area contributed by atoms with Crippen molar-refractivity contribution in [2.75, 3.05) is 12.3 Å². The maximum Gasteiger partial charge on any atom is 0.211 e. The number of sulfonamides is 1. The van der Waals surface area contributed by atoms with Crippen molar-refractivity contribution in [1.29, 1.82) is 0 Å². The van der Waals surface area contributed by atoms with Gasteiger partial charge in [0.25, 0.3) is 0 Å². The van der Waals surface area contributed by atoms with Gasteiger partial charge in [0.15, 0.2) is 0 Å². The molecule has 1 aliphatic carbocycles. The van der Waals surface area contributed by atoms with Crippen LogP contribution >= 0.6 is 0 Å². The summed E-state index contributed by atoms with van der Waals surface area (Å²) in [5.41, 5.74) is 0. The Morgan fingerprint density at radius 3 is 2.57 bits per heavy atom. The van der Waals surface area contributed by atoms with Crippen molar-refractivity contribution in [3.05, 3.63) is 0 Å². The zero-order valence-corrected chi connectivity index (χ0v) is 9.39. The highest BCUT2D eigenvalue weighted by Gasteiger charge is 2.23. The van der Waals surface area contributed by atoms with Crippen LogP contribution in [-0.2, 0) is 10.0 Å². The van der Waals surface area contributed by atoms with Gasteiger partial charge in [0.1, 0.15) is 0 Å². The zero-order valence-electron chi connectivity index (χ0n) is 8.57. The van der Waals surface area contributed by atoms with Crippen molar-refractivity contribution in [3.63, 3.8) is 0 Å². The molecule has 1 atom stereocenters. The lowest BCUT2D eigenvalue weighted by atomic mass is 9.87. The first-order valence-corrected chi connectivity index (χ1v) is 6.80. The standard InChI is InChI=1S/C9H19NO3S/c1-8(11)5-6-10-14(12,13)7-9-3-2-4-9/h8-11H,2-7H2,1H3. The SMILES string of the molecule is CC(O)CCNS(=O)(=O)CC1CCC1. The van der Waals surface area contributed by atoms with Crippen molar-refractivity contribution in [3.8, 4) is 0 Å². The van der Waals surface area contributed by atoms with Crippen LogP contribution in [0.3, 0.4) is 0 Å². The van der Waals surface area contributed by atoms with Crippen LogP contribution in [0.4, 0.5) is 0 Å². The maximum atomic E-state index is 11.4. The van der Waals surface area contributed by atoms with Crippen molar-refractivity contribution in [2.45, 2.75) is 38.7 Å². The molecule has 1 fully saturated rings. The van der Waals surface area contributed by atoms with Crippen molar-refractivity contribution in [1.82, 2.24) is 4.72 Å². The van der Waals surface area contributed by atoms with Gasteiger partial charge in [-0.1, -0.05) is 6.42 Å². The van der Waals surface area contributed by atoms with Crippen LogP contribution in [0.5, 0.6) is 0 Å². The van der Waals surface area contributed by atoms with Crippen LogP contribution in [0.2, 0.25) is 0 Å². The van der Waals surface area contributed by atoms with Gasteiger partial charge < -0.3 is 5.11 Å². The maximum absolute atomic E-state index is 11.4. The highest BCUT2D eigenvalue weighted by Crippen LogP contribution is 2.27. The predicted molar refractivity (Wildman–Crippen MR) is 55.4 cm³/mol. The first-order valence-electron chi connectivity index (χ1n) is 5.15. The number of aliphatic hydroxyl groups excluding tert-OH is 1. The molecule has 4 nitrogen and oxygen atoms in total. The van der Waals surface area contributed by atoms with Gasteiger partial charge in [-0.25, -0.2) is 13.1 Å². The third-order valence-corrected chi connectivity index (χ3v) is 4.12. The van der Waals surface area contributed by atoms with Crippen molar-refractivity contribution < 1.29 is 13.5 Å². The van der Waals surface area contributed by atoms with Gasteiger partial charge in [-0.05, 0) is 32.1 Å². The molecule has 0 aliphatic heterocycles. The average molecular weight is 221 g/mol. The summed E-state index contributed by atoms with van der Waals surface area (Å²) in [4.78, 5) is 0. The van der Waals surface area contributed by atoms with E-state index in [0.717, 1.165) is 19.3 Å². The smallest absolute Gasteiger partial charge is 0.211 e. The Bertz CT molecular complexity index is 257. The van der Waals surface area contributed by atoms with Gasteiger partial charge in [-0.3, -0.25) is 0 Å². The minimum atomic E-state index is -3.10. The van der Waals surface area contributed by atoms with Crippen LogP contribution in [0.15, 0.2) is 0 Å². The second-order valence-corrected chi connectivity index (χ2v) is 5.96. The molecular weight excluding hydrogens is 202 g/mol. The molecule has 2 N–H and O–H groups in total. The Kier molecular flexibility index (Phi) is 4.34. The van der Waals surface area contributed by atoms with Crippen molar-refractivity contribution >= 4 is 10.0 Å². The Hall–Kier alpha value is -0.130. The van der Waals surface area contributed by atoms with Gasteiger partial charge in [0.2, 0.25) is 10.0 Å². The molecule has 1 unspecified atom stereocenters. The Balaban J connectivity index is 2.19. The average Bonchev–Trinajstić information content (AvgIpc) is 1.96. The summed E-state index contributed by atoms with van der Waals surface area (Å²) in [7, 11) is -3.10. The zero-order chi connectivity index (χ0) is 10.6. The molecule has 84 valence electrons. The van der Waals surface area contributed by atoms with Gasteiger partial charge >= 0.3 is 0 Å². The molecule has 5 heteroatoms. The monoisotopic (exact) mass is 221 g/mol. The van der Waals surface area contributed by atoms with Gasteiger partial charge in [-0.15, -0.1) is 0 Å². The van der Waals surface area contributed by atoms with E-state index in [4.69, 9.17) is 5.11 Å². The first-order chi connectivity index (χ1) is 6.49. The lowest BCUT2D eigenvalue weighted by Gasteiger charge is -2.24. The lowest BCUT2D eigenvalue weighted by Crippen LogP contribution is -2.33. The number of aliphatic hydroxyl groups is 1. The number of hydrogen-bond acceptors (Lipinski definition) is 3. The van der Waals surface area contributed by atoms with Crippen LogP contribution in [0.1, 0.15) is 32.6 Å². The molecule has 14 heavy (non-hydrogen) atoms. The summed E-state index contributed by atoms with van der Waals surface area (Å²) in [6.45, 7) is 1.99. The highest BCUT2D eigenvalue weighted by atomic mass is 32.2. The molecule has 1 rings (SSSR count). The molecule has 0 aromatic heterocycles. The Morgan fingerprint density at radius 2 is 2.14 bits per heavy atom. The molecule has 0 aromatic carbocycles. The summed E-state index contributed by atoms with van der Waals surface area (Å²) in [6, 6.07) is 0. The van der Waals surface area contributed by atoms with E-state index in [2.05, 4.69) is 4.72 Å². The Morgan fingerprint density at radius 1 is 1.50 bits per heavy atom. The van der Waals surface area contributed by atoms with E-state index in [1.165, 1.54) is 0 Å².